The average molecular weight is 720 g/mol. The number of oxime groups is 1. The van der Waals surface area contributed by atoms with Crippen molar-refractivity contribution < 1.29 is 64.0 Å². The van der Waals surface area contributed by atoms with Crippen LogP contribution >= 0.6 is 0 Å². The van der Waals surface area contributed by atoms with Gasteiger partial charge in [-0.3, -0.25) is 4.79 Å². The van der Waals surface area contributed by atoms with Gasteiger partial charge >= 0.3 is 5.97 Å². The highest BCUT2D eigenvalue weighted by molar-refractivity contribution is 5.88. The molecule has 0 aromatic heterocycles. The Balaban J connectivity index is 2.19. The molecule has 3 heterocycles. The average Bonchev–Trinajstić information content (AvgIpc) is 3.03. The number of carbonyl (C=O) groups is 1. The molecule has 3 rings (SSSR count). The lowest BCUT2D eigenvalue weighted by atomic mass is 9.73. The van der Waals surface area contributed by atoms with E-state index < -0.39 is 102 Å². The van der Waals surface area contributed by atoms with Crippen molar-refractivity contribution in [2.45, 2.75) is 180 Å². The lowest BCUT2D eigenvalue weighted by Gasteiger charge is -2.48. The molecule has 14 heteroatoms. The van der Waals surface area contributed by atoms with Gasteiger partial charge in [-0.05, 0) is 66.7 Å². The summed E-state index contributed by atoms with van der Waals surface area (Å²) in [6.07, 6.45) is -9.15. The summed E-state index contributed by atoms with van der Waals surface area (Å²) < 4.78 is 37.0. The van der Waals surface area contributed by atoms with Gasteiger partial charge < -0.3 is 59.2 Å². The zero-order valence-corrected chi connectivity index (χ0v) is 32.0. The Kier molecular flexibility index (Phi) is 14.3. The summed E-state index contributed by atoms with van der Waals surface area (Å²) in [6.45, 7) is 18.5. The third-order valence-electron chi connectivity index (χ3n) is 11.6. The first-order chi connectivity index (χ1) is 23.1. The molecule has 0 radical (unpaired) electrons. The Labute approximate surface area is 297 Å². The Morgan fingerprint density at radius 1 is 0.900 bits per heavy atom. The molecule has 0 saturated carbocycles. The molecule has 3 aliphatic heterocycles. The molecular formula is C36H65NO13. The molecule has 3 saturated heterocycles. The van der Waals surface area contributed by atoms with Gasteiger partial charge in [0.05, 0.1) is 53.4 Å². The van der Waals surface area contributed by atoms with Crippen LogP contribution < -0.4 is 0 Å². The first kappa shape index (κ1) is 42.9. The van der Waals surface area contributed by atoms with Crippen LogP contribution in [0.15, 0.2) is 5.16 Å². The van der Waals surface area contributed by atoms with Crippen molar-refractivity contribution in [2.24, 2.45) is 34.7 Å². The van der Waals surface area contributed by atoms with Crippen molar-refractivity contribution >= 4 is 11.7 Å². The molecule has 0 aromatic rings. The Hall–Kier alpha value is -1.46. The maximum absolute atomic E-state index is 14.1. The van der Waals surface area contributed by atoms with Crippen LogP contribution in [0.5, 0.6) is 0 Å². The Morgan fingerprint density at radius 2 is 1.52 bits per heavy atom. The van der Waals surface area contributed by atoms with Gasteiger partial charge in [-0.15, -0.1) is 0 Å². The van der Waals surface area contributed by atoms with E-state index in [2.05, 4.69) is 5.16 Å². The zero-order chi connectivity index (χ0) is 38.1. The van der Waals surface area contributed by atoms with Crippen molar-refractivity contribution in [3.63, 3.8) is 0 Å². The maximum atomic E-state index is 14.1. The molecule has 6 N–H and O–H groups in total. The fourth-order valence-electron chi connectivity index (χ4n) is 8.36. The maximum Gasteiger partial charge on any atom is 0.311 e. The van der Waals surface area contributed by atoms with Gasteiger partial charge in [0.2, 0.25) is 0 Å². The van der Waals surface area contributed by atoms with Gasteiger partial charge in [-0.1, -0.05) is 39.8 Å². The summed E-state index contributed by atoms with van der Waals surface area (Å²) in [5.41, 5.74) is -4.63. The third kappa shape index (κ3) is 9.00. The quantitative estimate of drug-likeness (QED) is 0.133. The summed E-state index contributed by atoms with van der Waals surface area (Å²) in [5.74, 6) is -4.35. The predicted octanol–water partition coefficient (Wildman–Crippen LogP) is 2.75. The molecule has 0 amide bonds. The number of hydrogen-bond acceptors (Lipinski definition) is 14. The van der Waals surface area contributed by atoms with Crippen LogP contribution in [0.25, 0.3) is 0 Å². The van der Waals surface area contributed by atoms with E-state index in [1.165, 1.54) is 14.0 Å². The van der Waals surface area contributed by atoms with Crippen LogP contribution in [0.3, 0.4) is 0 Å². The second-order valence-electron chi connectivity index (χ2n) is 16.0. The lowest BCUT2D eigenvalue weighted by molar-refractivity contribution is -0.317. The van der Waals surface area contributed by atoms with Gasteiger partial charge in [0.25, 0.3) is 0 Å². The fraction of sp³-hybridized carbons (Fsp3) is 0.944. The standard InChI is InChI=1S/C36H65NO13/c1-13-24-36(11,43)29(39)20(5)26(37-44)18(3)15-34(9,42)31(50-33-27(38)17(2)14-19(4)46-33)21(6)28(22(7)32(41)48-24)49-25-16-35(10,45-12)30(40)23(8)47-25/h17-25,27-31,33,38-40,42-44H,13-16H2,1-12H3/b37-26+/t17?,18-,19?,20+,21+,22-,23?,24-,25?,27?,28+,29-,30?,31-,33?,34-,35?,36-/m1/s1. The molecule has 50 heavy (non-hydrogen) atoms. The van der Waals surface area contributed by atoms with Gasteiger partial charge in [0.1, 0.15) is 23.9 Å². The number of hydrogen-bond donors (Lipinski definition) is 6. The summed E-state index contributed by atoms with van der Waals surface area (Å²) >= 11 is 0. The van der Waals surface area contributed by atoms with Crippen LogP contribution in [0.4, 0.5) is 0 Å². The minimum absolute atomic E-state index is 0.0534. The van der Waals surface area contributed by atoms with E-state index >= 15 is 0 Å². The van der Waals surface area contributed by atoms with Crippen molar-refractivity contribution in [3.8, 4) is 0 Å². The molecule has 8 unspecified atom stereocenters. The number of ether oxygens (including phenoxy) is 6. The summed E-state index contributed by atoms with van der Waals surface area (Å²) in [6, 6.07) is 0. The number of carbonyl (C=O) groups excluding carboxylic acids is 1. The second-order valence-corrected chi connectivity index (χ2v) is 16.0. The van der Waals surface area contributed by atoms with Gasteiger partial charge in [-0.2, -0.15) is 0 Å². The topological polar surface area (TPSA) is 206 Å². The lowest BCUT2D eigenvalue weighted by Crippen LogP contribution is -2.60. The van der Waals surface area contributed by atoms with E-state index in [0.717, 1.165) is 0 Å². The number of methoxy groups -OCH3 is 1. The molecule has 3 aliphatic rings. The van der Waals surface area contributed by atoms with Crippen molar-refractivity contribution in [1.29, 1.82) is 0 Å². The minimum atomic E-state index is -1.96. The number of rotatable bonds is 6. The number of aliphatic hydroxyl groups excluding tert-OH is 3. The molecule has 18 atom stereocenters. The van der Waals surface area contributed by atoms with Gasteiger partial charge in [0, 0.05) is 31.3 Å². The third-order valence-corrected chi connectivity index (χ3v) is 11.6. The zero-order valence-electron chi connectivity index (χ0n) is 32.0. The van der Waals surface area contributed by atoms with Crippen molar-refractivity contribution in [2.75, 3.05) is 7.11 Å². The summed E-state index contributed by atoms with van der Waals surface area (Å²) in [7, 11) is 1.48. The first-order valence-electron chi connectivity index (χ1n) is 18.1. The SMILES string of the molecule is CC[C@H]1OC(=O)[C@H](C)[C@@H](OC2CC(C)(OC)C(O)C(C)O2)[C@H](C)[C@@H](OC2OC(C)CC(C)C2O)[C@](C)(O)C[C@@H](C)/C(=N\O)[C@H](C)[C@@H](O)[C@]1(C)O. The van der Waals surface area contributed by atoms with Crippen LogP contribution in [0, 0.1) is 29.6 Å². The van der Waals surface area contributed by atoms with E-state index in [4.69, 9.17) is 28.4 Å². The normalized spacial score (nSPS) is 51.2. The molecule has 0 aromatic carbocycles. The molecule has 0 bridgehead atoms. The predicted molar refractivity (Wildman–Crippen MR) is 182 cm³/mol. The van der Waals surface area contributed by atoms with Crippen LogP contribution in [-0.4, -0.2) is 128 Å². The molecule has 292 valence electrons. The molecule has 14 nitrogen and oxygen atoms in total. The second kappa shape index (κ2) is 16.7. The highest BCUT2D eigenvalue weighted by Gasteiger charge is 2.53. The van der Waals surface area contributed by atoms with Crippen LogP contribution in [0.2, 0.25) is 0 Å². The summed E-state index contributed by atoms with van der Waals surface area (Å²) in [5, 5.41) is 71.2. The van der Waals surface area contributed by atoms with Gasteiger partial charge in [0.15, 0.2) is 12.6 Å². The van der Waals surface area contributed by atoms with E-state index in [9.17, 15) is 35.5 Å². The van der Waals surface area contributed by atoms with Crippen LogP contribution in [-0.2, 0) is 33.2 Å². The van der Waals surface area contributed by atoms with E-state index in [0.29, 0.717) is 6.42 Å². The number of esters is 1. The molecule has 0 aliphatic carbocycles. The van der Waals surface area contributed by atoms with E-state index in [-0.39, 0.29) is 37.0 Å². The Bertz CT molecular complexity index is 1150. The summed E-state index contributed by atoms with van der Waals surface area (Å²) in [4.78, 5) is 14.1. The smallest absolute Gasteiger partial charge is 0.311 e. The molecular weight excluding hydrogens is 654 g/mol. The number of cyclic esters (lactones) is 1. The molecule has 3 fully saturated rings. The fourth-order valence-corrected chi connectivity index (χ4v) is 8.36. The minimum Gasteiger partial charge on any atom is -0.459 e. The first-order valence-corrected chi connectivity index (χ1v) is 18.1. The molecule has 0 spiro atoms. The van der Waals surface area contributed by atoms with Crippen LogP contribution in [0.1, 0.15) is 102 Å². The number of aliphatic hydroxyl groups is 5. The highest BCUT2D eigenvalue weighted by atomic mass is 16.7. The highest BCUT2D eigenvalue weighted by Crippen LogP contribution is 2.41. The monoisotopic (exact) mass is 719 g/mol. The van der Waals surface area contributed by atoms with Crippen molar-refractivity contribution in [3.05, 3.63) is 0 Å². The van der Waals surface area contributed by atoms with Crippen molar-refractivity contribution in [1.82, 2.24) is 0 Å². The van der Waals surface area contributed by atoms with Gasteiger partial charge in [-0.25, -0.2) is 0 Å². The van der Waals surface area contributed by atoms with E-state index in [1.54, 1.807) is 55.4 Å². The Morgan fingerprint density at radius 3 is 2.08 bits per heavy atom. The number of nitrogens with zero attached hydrogens (tertiary/aromatic N) is 1. The largest absolute Gasteiger partial charge is 0.459 e. The van der Waals surface area contributed by atoms with E-state index in [1.807, 2.05) is 13.8 Å².